The SMILES string of the molecule is COc1ccc(OC2CCN(C(C)=O)CC2)c(C(=O)N2CCCCC2CCNC(C)=O)c1. The topological polar surface area (TPSA) is 88.2 Å². The van der Waals surface area contributed by atoms with E-state index in [0.29, 0.717) is 43.2 Å². The van der Waals surface area contributed by atoms with Crippen molar-refractivity contribution < 1.29 is 23.9 Å². The number of likely N-dealkylation sites (tertiary alicyclic amines) is 2. The van der Waals surface area contributed by atoms with Gasteiger partial charge in [-0.15, -0.1) is 0 Å². The molecule has 3 rings (SSSR count). The summed E-state index contributed by atoms with van der Waals surface area (Å²) in [6, 6.07) is 5.45. The molecule has 0 spiro atoms. The minimum atomic E-state index is -0.0624. The molecule has 1 aromatic rings. The van der Waals surface area contributed by atoms with Crippen LogP contribution in [-0.4, -0.2) is 73.0 Å². The number of benzene rings is 1. The molecular weight excluding hydrogens is 410 g/mol. The van der Waals surface area contributed by atoms with E-state index in [1.165, 1.54) is 6.92 Å². The fourth-order valence-electron chi connectivity index (χ4n) is 4.51. The highest BCUT2D eigenvalue weighted by Gasteiger charge is 2.30. The molecular formula is C24H35N3O5. The lowest BCUT2D eigenvalue weighted by Gasteiger charge is -2.37. The van der Waals surface area contributed by atoms with Gasteiger partial charge in [-0.3, -0.25) is 14.4 Å². The number of carbonyl (C=O) groups excluding carboxylic acids is 3. The first kappa shape index (κ1) is 23.9. The second-order valence-corrected chi connectivity index (χ2v) is 8.61. The minimum absolute atomic E-state index is 0.0394. The average Bonchev–Trinajstić information content (AvgIpc) is 2.79. The molecule has 1 atom stereocenters. The van der Waals surface area contributed by atoms with Crippen LogP contribution in [0, 0.1) is 0 Å². The van der Waals surface area contributed by atoms with Crippen LogP contribution >= 0.6 is 0 Å². The summed E-state index contributed by atoms with van der Waals surface area (Å²) in [5, 5.41) is 2.84. The number of hydrogen-bond acceptors (Lipinski definition) is 5. The Kier molecular flexibility index (Phi) is 8.36. The number of ether oxygens (including phenoxy) is 2. The molecule has 8 heteroatoms. The first-order valence-electron chi connectivity index (χ1n) is 11.5. The second-order valence-electron chi connectivity index (χ2n) is 8.61. The molecule has 1 aromatic carbocycles. The highest BCUT2D eigenvalue weighted by atomic mass is 16.5. The van der Waals surface area contributed by atoms with Crippen LogP contribution in [0.5, 0.6) is 11.5 Å². The van der Waals surface area contributed by atoms with Crippen molar-refractivity contribution in [1.29, 1.82) is 0 Å². The third-order valence-electron chi connectivity index (χ3n) is 6.34. The van der Waals surface area contributed by atoms with Gasteiger partial charge in [0.25, 0.3) is 5.91 Å². The predicted octanol–water partition coefficient (Wildman–Crippen LogP) is 2.61. The maximum absolute atomic E-state index is 13.6. The van der Waals surface area contributed by atoms with Crippen molar-refractivity contribution in [2.24, 2.45) is 0 Å². The standard InChI is InChI=1S/C24H35N3O5/c1-17(28)25-12-9-19-6-4-5-13-27(19)24(30)22-16-21(31-3)7-8-23(22)32-20-10-14-26(15-11-20)18(2)29/h7-8,16,19-20H,4-6,9-15H2,1-3H3,(H,25,28). The molecule has 2 aliphatic rings. The van der Waals surface area contributed by atoms with Gasteiger partial charge in [-0.2, -0.15) is 0 Å². The van der Waals surface area contributed by atoms with Crippen LogP contribution in [0.4, 0.5) is 0 Å². The minimum Gasteiger partial charge on any atom is -0.497 e. The second kappa shape index (κ2) is 11.2. The Morgan fingerprint density at radius 2 is 1.81 bits per heavy atom. The Hall–Kier alpha value is -2.77. The summed E-state index contributed by atoms with van der Waals surface area (Å²) < 4.78 is 11.7. The fourth-order valence-corrected chi connectivity index (χ4v) is 4.51. The zero-order valence-electron chi connectivity index (χ0n) is 19.4. The van der Waals surface area contributed by atoms with E-state index in [4.69, 9.17) is 9.47 Å². The van der Waals surface area contributed by atoms with Crippen molar-refractivity contribution in [3.05, 3.63) is 23.8 Å². The summed E-state index contributed by atoms with van der Waals surface area (Å²) in [6.45, 7) is 5.66. The molecule has 176 valence electrons. The molecule has 0 saturated carbocycles. The summed E-state index contributed by atoms with van der Waals surface area (Å²) in [6.07, 6.45) is 5.13. The molecule has 2 saturated heterocycles. The summed E-state index contributed by atoms with van der Waals surface area (Å²) in [5.74, 6) is 1.13. The smallest absolute Gasteiger partial charge is 0.258 e. The number of nitrogens with one attached hydrogen (secondary N) is 1. The van der Waals surface area contributed by atoms with Crippen molar-refractivity contribution in [2.75, 3.05) is 33.3 Å². The van der Waals surface area contributed by atoms with Gasteiger partial charge in [0.05, 0.1) is 12.7 Å². The van der Waals surface area contributed by atoms with Gasteiger partial charge in [0.15, 0.2) is 0 Å². The van der Waals surface area contributed by atoms with Crippen LogP contribution < -0.4 is 14.8 Å². The highest BCUT2D eigenvalue weighted by molar-refractivity contribution is 5.97. The Morgan fingerprint density at radius 3 is 2.47 bits per heavy atom. The zero-order chi connectivity index (χ0) is 23.1. The Bertz CT molecular complexity index is 820. The van der Waals surface area contributed by atoms with Gasteiger partial charge < -0.3 is 24.6 Å². The van der Waals surface area contributed by atoms with E-state index in [2.05, 4.69) is 5.32 Å². The number of hydrogen-bond donors (Lipinski definition) is 1. The van der Waals surface area contributed by atoms with E-state index < -0.39 is 0 Å². The Morgan fingerprint density at radius 1 is 1.06 bits per heavy atom. The van der Waals surface area contributed by atoms with Gasteiger partial charge in [0.1, 0.15) is 17.6 Å². The molecule has 1 N–H and O–H groups in total. The molecule has 0 bridgehead atoms. The maximum Gasteiger partial charge on any atom is 0.258 e. The van der Waals surface area contributed by atoms with E-state index in [9.17, 15) is 14.4 Å². The van der Waals surface area contributed by atoms with E-state index in [-0.39, 0.29) is 29.9 Å². The van der Waals surface area contributed by atoms with Gasteiger partial charge in [0.2, 0.25) is 11.8 Å². The number of rotatable bonds is 7. The molecule has 3 amide bonds. The molecule has 0 aromatic heterocycles. The van der Waals surface area contributed by atoms with Crippen molar-refractivity contribution in [2.45, 2.75) is 64.5 Å². The summed E-state index contributed by atoms with van der Waals surface area (Å²) >= 11 is 0. The number of piperidine rings is 2. The van der Waals surface area contributed by atoms with Gasteiger partial charge >= 0.3 is 0 Å². The molecule has 2 heterocycles. The first-order chi connectivity index (χ1) is 15.4. The number of amides is 3. The van der Waals surface area contributed by atoms with Gasteiger partial charge in [0, 0.05) is 58.9 Å². The van der Waals surface area contributed by atoms with E-state index >= 15 is 0 Å². The van der Waals surface area contributed by atoms with E-state index in [1.54, 1.807) is 32.2 Å². The lowest BCUT2D eigenvalue weighted by molar-refractivity contribution is -0.130. The molecule has 2 aliphatic heterocycles. The quantitative estimate of drug-likeness (QED) is 0.697. The van der Waals surface area contributed by atoms with Crippen LogP contribution in [0.3, 0.4) is 0 Å². The molecule has 0 radical (unpaired) electrons. The van der Waals surface area contributed by atoms with Crippen LogP contribution in [0.2, 0.25) is 0 Å². The highest BCUT2D eigenvalue weighted by Crippen LogP contribution is 2.31. The van der Waals surface area contributed by atoms with Crippen LogP contribution in [0.25, 0.3) is 0 Å². The average molecular weight is 446 g/mol. The zero-order valence-corrected chi connectivity index (χ0v) is 19.4. The van der Waals surface area contributed by atoms with Crippen molar-refractivity contribution in [3.63, 3.8) is 0 Å². The lowest BCUT2D eigenvalue weighted by Crippen LogP contribution is -2.45. The van der Waals surface area contributed by atoms with Crippen molar-refractivity contribution in [1.82, 2.24) is 15.1 Å². The molecule has 1 unspecified atom stereocenters. The number of carbonyl (C=O) groups is 3. The fraction of sp³-hybridized carbons (Fsp3) is 0.625. The summed E-state index contributed by atoms with van der Waals surface area (Å²) in [4.78, 5) is 40.2. The maximum atomic E-state index is 13.6. The third-order valence-corrected chi connectivity index (χ3v) is 6.34. The molecule has 0 aliphatic carbocycles. The van der Waals surface area contributed by atoms with E-state index in [1.807, 2.05) is 9.80 Å². The lowest BCUT2D eigenvalue weighted by atomic mass is 9.97. The van der Waals surface area contributed by atoms with Crippen LogP contribution in [0.1, 0.15) is 62.7 Å². The first-order valence-corrected chi connectivity index (χ1v) is 11.5. The van der Waals surface area contributed by atoms with Gasteiger partial charge in [-0.25, -0.2) is 0 Å². The molecule has 2 fully saturated rings. The number of nitrogens with zero attached hydrogens (tertiary/aromatic N) is 2. The van der Waals surface area contributed by atoms with Crippen molar-refractivity contribution in [3.8, 4) is 11.5 Å². The largest absolute Gasteiger partial charge is 0.497 e. The van der Waals surface area contributed by atoms with Gasteiger partial charge in [-0.05, 0) is 43.9 Å². The predicted molar refractivity (Wildman–Crippen MR) is 121 cm³/mol. The van der Waals surface area contributed by atoms with Crippen molar-refractivity contribution >= 4 is 17.7 Å². The van der Waals surface area contributed by atoms with E-state index in [0.717, 1.165) is 38.5 Å². The van der Waals surface area contributed by atoms with Crippen LogP contribution in [-0.2, 0) is 9.59 Å². The van der Waals surface area contributed by atoms with Crippen LogP contribution in [0.15, 0.2) is 18.2 Å². The Labute approximate surface area is 190 Å². The third kappa shape index (κ3) is 6.14. The molecule has 32 heavy (non-hydrogen) atoms. The van der Waals surface area contributed by atoms with Gasteiger partial charge in [-0.1, -0.05) is 0 Å². The Balaban J connectivity index is 1.75. The summed E-state index contributed by atoms with van der Waals surface area (Å²) in [7, 11) is 1.58. The molecule has 8 nitrogen and oxygen atoms in total. The normalized spacial score (nSPS) is 19.4. The number of methoxy groups -OCH3 is 1. The summed E-state index contributed by atoms with van der Waals surface area (Å²) in [5.41, 5.74) is 0.504. The monoisotopic (exact) mass is 445 g/mol.